The Morgan fingerprint density at radius 1 is 1.08 bits per heavy atom. The van der Waals surface area contributed by atoms with Crippen molar-refractivity contribution in [3.63, 3.8) is 0 Å². The molecule has 2 heterocycles. The van der Waals surface area contributed by atoms with E-state index in [4.69, 9.17) is 0 Å². The van der Waals surface area contributed by atoms with Gasteiger partial charge in [0.15, 0.2) is 0 Å². The summed E-state index contributed by atoms with van der Waals surface area (Å²) in [5, 5.41) is 5.84. The average Bonchev–Trinajstić information content (AvgIpc) is 2.68. The van der Waals surface area contributed by atoms with E-state index in [0.717, 1.165) is 11.3 Å². The lowest BCUT2D eigenvalue weighted by molar-refractivity contribution is -0.126. The molecule has 130 valence electrons. The number of urea groups is 1. The monoisotopic (exact) mass is 338 g/mol. The van der Waals surface area contributed by atoms with E-state index in [-0.39, 0.29) is 17.9 Å². The van der Waals surface area contributed by atoms with Crippen LogP contribution in [0.2, 0.25) is 0 Å². The van der Waals surface area contributed by atoms with Gasteiger partial charge in [-0.25, -0.2) is 4.79 Å². The number of pyridine rings is 1. The second kappa shape index (κ2) is 8.28. The summed E-state index contributed by atoms with van der Waals surface area (Å²) in [6.07, 6.45) is 4.82. The molecule has 2 N–H and O–H groups in total. The highest BCUT2D eigenvalue weighted by molar-refractivity contribution is 5.89. The van der Waals surface area contributed by atoms with E-state index in [1.165, 1.54) is 0 Å². The van der Waals surface area contributed by atoms with E-state index in [1.54, 1.807) is 17.3 Å². The van der Waals surface area contributed by atoms with Gasteiger partial charge in [0.2, 0.25) is 5.91 Å². The number of nitrogens with one attached hydrogen (secondary N) is 2. The number of amides is 3. The lowest BCUT2D eigenvalue weighted by Gasteiger charge is -2.31. The van der Waals surface area contributed by atoms with Crippen molar-refractivity contribution < 1.29 is 9.59 Å². The third-order valence-corrected chi connectivity index (χ3v) is 4.37. The molecule has 25 heavy (non-hydrogen) atoms. The Kier molecular flexibility index (Phi) is 5.61. The molecule has 1 saturated heterocycles. The molecule has 0 radical (unpaired) electrons. The zero-order chi connectivity index (χ0) is 17.5. The number of anilines is 1. The third kappa shape index (κ3) is 4.79. The predicted octanol–water partition coefficient (Wildman–Crippen LogP) is 2.64. The number of likely N-dealkylation sites (tertiary alicyclic amines) is 1. The van der Waals surface area contributed by atoms with Crippen molar-refractivity contribution in [3.8, 4) is 0 Å². The first-order chi connectivity index (χ1) is 12.2. The number of hydrogen-bond acceptors (Lipinski definition) is 3. The molecule has 1 fully saturated rings. The Labute approximate surface area is 147 Å². The van der Waals surface area contributed by atoms with Crippen molar-refractivity contribution in [1.82, 2.24) is 15.2 Å². The number of benzene rings is 1. The summed E-state index contributed by atoms with van der Waals surface area (Å²) in [6.45, 7) is 1.66. The Bertz CT molecular complexity index is 698. The molecule has 0 spiro atoms. The molecule has 6 nitrogen and oxygen atoms in total. The maximum absolute atomic E-state index is 12.3. The van der Waals surface area contributed by atoms with Crippen molar-refractivity contribution in [2.45, 2.75) is 19.4 Å². The van der Waals surface area contributed by atoms with Crippen molar-refractivity contribution in [2.75, 3.05) is 18.4 Å². The van der Waals surface area contributed by atoms with Gasteiger partial charge in [0.1, 0.15) is 0 Å². The Hall–Kier alpha value is -2.89. The second-order valence-corrected chi connectivity index (χ2v) is 6.14. The van der Waals surface area contributed by atoms with Gasteiger partial charge in [0.25, 0.3) is 0 Å². The number of rotatable bonds is 4. The fourth-order valence-corrected chi connectivity index (χ4v) is 2.90. The average molecular weight is 338 g/mol. The molecule has 1 aromatic carbocycles. The van der Waals surface area contributed by atoms with Crippen LogP contribution in [0, 0.1) is 5.92 Å². The summed E-state index contributed by atoms with van der Waals surface area (Å²) >= 11 is 0. The fraction of sp³-hybridized carbons (Fsp3) is 0.316. The van der Waals surface area contributed by atoms with E-state index in [2.05, 4.69) is 15.6 Å². The fourth-order valence-electron chi connectivity index (χ4n) is 2.90. The molecule has 0 bridgehead atoms. The summed E-state index contributed by atoms with van der Waals surface area (Å²) in [5.74, 6) is 0.00409. The zero-order valence-corrected chi connectivity index (χ0v) is 14.0. The van der Waals surface area contributed by atoms with Crippen molar-refractivity contribution >= 4 is 17.6 Å². The summed E-state index contributed by atoms with van der Waals surface area (Å²) in [5.41, 5.74) is 1.76. The minimum atomic E-state index is -0.111. The first-order valence-electron chi connectivity index (χ1n) is 8.50. The van der Waals surface area contributed by atoms with Crippen LogP contribution < -0.4 is 10.6 Å². The molecular formula is C19H22N4O2. The number of carbonyl (C=O) groups is 2. The number of aromatic nitrogens is 1. The van der Waals surface area contributed by atoms with Crippen LogP contribution in [0.3, 0.4) is 0 Å². The van der Waals surface area contributed by atoms with Gasteiger partial charge >= 0.3 is 6.03 Å². The van der Waals surface area contributed by atoms with E-state index in [0.29, 0.717) is 32.5 Å². The van der Waals surface area contributed by atoms with Crippen LogP contribution in [0.4, 0.5) is 10.5 Å². The smallest absolute Gasteiger partial charge is 0.321 e. The lowest BCUT2D eigenvalue weighted by Crippen LogP contribution is -2.44. The largest absolute Gasteiger partial charge is 0.352 e. The number of carbonyl (C=O) groups excluding carboxylic acids is 2. The summed E-state index contributed by atoms with van der Waals surface area (Å²) < 4.78 is 0. The Balaban J connectivity index is 1.43. The number of nitrogens with zero attached hydrogens (tertiary/aromatic N) is 2. The van der Waals surface area contributed by atoms with Gasteiger partial charge in [-0.15, -0.1) is 0 Å². The van der Waals surface area contributed by atoms with E-state index >= 15 is 0 Å². The second-order valence-electron chi connectivity index (χ2n) is 6.14. The highest BCUT2D eigenvalue weighted by atomic mass is 16.2. The molecule has 2 aromatic rings. The van der Waals surface area contributed by atoms with Crippen LogP contribution in [-0.2, 0) is 11.3 Å². The lowest BCUT2D eigenvalue weighted by atomic mass is 9.96. The Morgan fingerprint density at radius 3 is 2.52 bits per heavy atom. The van der Waals surface area contributed by atoms with Crippen LogP contribution >= 0.6 is 0 Å². The molecule has 0 unspecified atom stereocenters. The molecule has 1 aliphatic rings. The molecule has 1 aromatic heterocycles. The van der Waals surface area contributed by atoms with Gasteiger partial charge in [-0.2, -0.15) is 0 Å². The molecule has 3 amide bonds. The topological polar surface area (TPSA) is 74.3 Å². The van der Waals surface area contributed by atoms with Crippen LogP contribution in [-0.4, -0.2) is 34.9 Å². The molecule has 1 aliphatic heterocycles. The standard InChI is InChI=1S/C19H22N4O2/c24-18(21-14-15-5-4-10-20-13-15)16-8-11-23(12-9-16)19(25)22-17-6-2-1-3-7-17/h1-7,10,13,16H,8-9,11-12,14H2,(H,21,24)(H,22,25). The van der Waals surface area contributed by atoms with Crippen LogP contribution in [0.15, 0.2) is 54.9 Å². The van der Waals surface area contributed by atoms with Crippen LogP contribution in [0.1, 0.15) is 18.4 Å². The molecular weight excluding hydrogens is 316 g/mol. The first-order valence-corrected chi connectivity index (χ1v) is 8.50. The summed E-state index contributed by atoms with van der Waals surface area (Å²) in [4.78, 5) is 30.3. The van der Waals surface area contributed by atoms with Crippen molar-refractivity contribution in [3.05, 3.63) is 60.4 Å². The van der Waals surface area contributed by atoms with Gasteiger partial charge in [0.05, 0.1) is 0 Å². The Morgan fingerprint density at radius 2 is 1.84 bits per heavy atom. The highest BCUT2D eigenvalue weighted by Crippen LogP contribution is 2.18. The van der Waals surface area contributed by atoms with E-state index in [1.807, 2.05) is 42.5 Å². The van der Waals surface area contributed by atoms with Crippen LogP contribution in [0.25, 0.3) is 0 Å². The quantitative estimate of drug-likeness (QED) is 0.900. The van der Waals surface area contributed by atoms with Gasteiger partial charge in [-0.3, -0.25) is 9.78 Å². The summed E-state index contributed by atoms with van der Waals surface area (Å²) in [7, 11) is 0. The molecule has 6 heteroatoms. The number of hydrogen-bond donors (Lipinski definition) is 2. The van der Waals surface area contributed by atoms with Crippen LogP contribution in [0.5, 0.6) is 0 Å². The van der Waals surface area contributed by atoms with E-state index in [9.17, 15) is 9.59 Å². The molecule has 0 saturated carbocycles. The number of para-hydroxylation sites is 1. The highest BCUT2D eigenvalue weighted by Gasteiger charge is 2.27. The SMILES string of the molecule is O=C(NCc1cccnc1)C1CCN(C(=O)Nc2ccccc2)CC1. The van der Waals surface area contributed by atoms with Gasteiger partial charge in [-0.1, -0.05) is 24.3 Å². The minimum absolute atomic E-state index is 0.0440. The van der Waals surface area contributed by atoms with Gasteiger partial charge in [0, 0.05) is 43.6 Å². The molecule has 0 aliphatic carbocycles. The first kappa shape index (κ1) is 17.0. The summed E-state index contributed by atoms with van der Waals surface area (Å²) in [6, 6.07) is 13.1. The zero-order valence-electron chi connectivity index (χ0n) is 14.0. The molecule has 3 rings (SSSR count). The number of piperidine rings is 1. The molecule has 0 atom stereocenters. The van der Waals surface area contributed by atoms with Gasteiger partial charge in [-0.05, 0) is 36.6 Å². The normalized spacial score (nSPS) is 14.8. The maximum Gasteiger partial charge on any atom is 0.321 e. The van der Waals surface area contributed by atoms with E-state index < -0.39 is 0 Å². The maximum atomic E-state index is 12.3. The van der Waals surface area contributed by atoms with Crippen molar-refractivity contribution in [1.29, 1.82) is 0 Å². The predicted molar refractivity (Wildman–Crippen MR) is 95.8 cm³/mol. The van der Waals surface area contributed by atoms with Crippen molar-refractivity contribution in [2.24, 2.45) is 5.92 Å². The third-order valence-electron chi connectivity index (χ3n) is 4.37. The minimum Gasteiger partial charge on any atom is -0.352 e. The van der Waals surface area contributed by atoms with Gasteiger partial charge < -0.3 is 15.5 Å².